The zero-order valence-corrected chi connectivity index (χ0v) is 16.3. The Morgan fingerprint density at radius 1 is 0.821 bits per heavy atom. The molecule has 0 bridgehead atoms. The Kier molecular flexibility index (Phi) is 8.21. The summed E-state index contributed by atoms with van der Waals surface area (Å²) in [5.41, 5.74) is 5.98. The molecular weight excluding hydrogens is 356 g/mol. The molecule has 0 atom stereocenters. The van der Waals surface area contributed by atoms with Crippen molar-refractivity contribution in [3.05, 3.63) is 65.2 Å². The van der Waals surface area contributed by atoms with Crippen molar-refractivity contribution < 1.29 is 19.1 Å². The zero-order valence-electron chi connectivity index (χ0n) is 16.3. The highest BCUT2D eigenvalue weighted by molar-refractivity contribution is 6.42. The van der Waals surface area contributed by atoms with Crippen LogP contribution in [0.3, 0.4) is 0 Å². The van der Waals surface area contributed by atoms with Crippen LogP contribution in [0.15, 0.2) is 48.5 Å². The summed E-state index contributed by atoms with van der Waals surface area (Å²) < 4.78 is 5.63. The van der Waals surface area contributed by atoms with Crippen molar-refractivity contribution in [2.45, 2.75) is 39.5 Å². The fourth-order valence-electron chi connectivity index (χ4n) is 2.50. The molecule has 0 unspecified atom stereocenters. The normalized spacial score (nSPS) is 10.2. The minimum Gasteiger partial charge on any atom is -0.494 e. The number of aryl methyl sites for hydroxylation is 1. The van der Waals surface area contributed by atoms with Crippen molar-refractivity contribution in [3.63, 3.8) is 0 Å². The van der Waals surface area contributed by atoms with Crippen molar-refractivity contribution in [1.82, 2.24) is 10.9 Å². The molecule has 0 saturated carbocycles. The lowest BCUT2D eigenvalue weighted by atomic mass is 10.1. The SMILES string of the molecule is CCCCCCOc1ccc(C(=O)NNC(=O)C(=O)c2ccc(C)cc2)cc1. The van der Waals surface area contributed by atoms with Crippen LogP contribution < -0.4 is 15.6 Å². The van der Waals surface area contributed by atoms with Gasteiger partial charge in [0.1, 0.15) is 5.75 Å². The van der Waals surface area contributed by atoms with Gasteiger partial charge in [-0.1, -0.05) is 56.0 Å². The summed E-state index contributed by atoms with van der Waals surface area (Å²) in [6.07, 6.45) is 4.51. The number of ketones is 1. The third kappa shape index (κ3) is 6.54. The number of hydrogen-bond acceptors (Lipinski definition) is 4. The summed E-state index contributed by atoms with van der Waals surface area (Å²) in [5, 5.41) is 0. The lowest BCUT2D eigenvalue weighted by Gasteiger charge is -2.09. The number of hydrogen-bond donors (Lipinski definition) is 2. The average molecular weight is 382 g/mol. The maximum Gasteiger partial charge on any atom is 0.310 e. The molecular formula is C22H26N2O4. The molecule has 0 aliphatic heterocycles. The van der Waals surface area contributed by atoms with Crippen molar-refractivity contribution in [2.75, 3.05) is 6.61 Å². The maximum atomic E-state index is 12.1. The van der Waals surface area contributed by atoms with Crippen LogP contribution in [0.2, 0.25) is 0 Å². The van der Waals surface area contributed by atoms with E-state index in [0.29, 0.717) is 17.9 Å². The van der Waals surface area contributed by atoms with Crippen LogP contribution >= 0.6 is 0 Å². The van der Waals surface area contributed by atoms with Crippen molar-refractivity contribution in [2.24, 2.45) is 0 Å². The third-order valence-electron chi connectivity index (χ3n) is 4.19. The molecule has 0 saturated heterocycles. The molecule has 0 fully saturated rings. The summed E-state index contributed by atoms with van der Waals surface area (Å²) in [6.45, 7) is 4.69. The lowest BCUT2D eigenvalue weighted by Crippen LogP contribution is -2.44. The Bertz CT molecular complexity index is 798. The van der Waals surface area contributed by atoms with E-state index < -0.39 is 17.6 Å². The van der Waals surface area contributed by atoms with Crippen LogP contribution in [0.5, 0.6) is 5.75 Å². The Balaban J connectivity index is 1.79. The van der Waals surface area contributed by atoms with E-state index >= 15 is 0 Å². The first-order chi connectivity index (χ1) is 13.5. The van der Waals surface area contributed by atoms with Crippen molar-refractivity contribution >= 4 is 17.6 Å². The van der Waals surface area contributed by atoms with Gasteiger partial charge in [0, 0.05) is 11.1 Å². The number of rotatable bonds is 9. The topological polar surface area (TPSA) is 84.5 Å². The summed E-state index contributed by atoms with van der Waals surface area (Å²) in [4.78, 5) is 36.1. The molecule has 6 heteroatoms. The van der Waals surface area contributed by atoms with Gasteiger partial charge in [0.25, 0.3) is 11.7 Å². The molecule has 0 radical (unpaired) electrons. The summed E-state index contributed by atoms with van der Waals surface area (Å²) in [7, 11) is 0. The highest BCUT2D eigenvalue weighted by Crippen LogP contribution is 2.13. The van der Waals surface area contributed by atoms with Gasteiger partial charge in [-0.25, -0.2) is 0 Å². The zero-order chi connectivity index (χ0) is 20.4. The number of amides is 2. The molecule has 0 aliphatic rings. The van der Waals surface area contributed by atoms with Gasteiger partial charge < -0.3 is 4.74 Å². The monoisotopic (exact) mass is 382 g/mol. The van der Waals surface area contributed by atoms with Crippen LogP contribution in [0, 0.1) is 6.92 Å². The highest BCUT2D eigenvalue weighted by atomic mass is 16.5. The minimum atomic E-state index is -0.899. The van der Waals surface area contributed by atoms with E-state index in [4.69, 9.17) is 4.74 Å². The van der Waals surface area contributed by atoms with Gasteiger partial charge in [-0.05, 0) is 37.6 Å². The lowest BCUT2D eigenvalue weighted by molar-refractivity contribution is -0.117. The smallest absolute Gasteiger partial charge is 0.310 e. The molecule has 0 spiro atoms. The number of Topliss-reactive ketones (excluding diaryl/α,β-unsaturated/α-hetero) is 1. The van der Waals surface area contributed by atoms with Crippen LogP contribution in [0.1, 0.15) is 58.9 Å². The average Bonchev–Trinajstić information content (AvgIpc) is 2.72. The summed E-state index contributed by atoms with van der Waals surface area (Å²) >= 11 is 0. The van der Waals surface area contributed by atoms with Gasteiger partial charge in [-0.3, -0.25) is 25.2 Å². The van der Waals surface area contributed by atoms with Crippen LogP contribution in [-0.2, 0) is 4.79 Å². The number of ether oxygens (including phenoxy) is 1. The second-order valence-corrected chi connectivity index (χ2v) is 6.54. The van der Waals surface area contributed by atoms with Gasteiger partial charge in [0.2, 0.25) is 0 Å². The van der Waals surface area contributed by atoms with E-state index in [9.17, 15) is 14.4 Å². The highest BCUT2D eigenvalue weighted by Gasteiger charge is 2.17. The fraction of sp³-hybridized carbons (Fsp3) is 0.318. The quantitative estimate of drug-likeness (QED) is 0.300. The Labute approximate surface area is 165 Å². The fourth-order valence-corrected chi connectivity index (χ4v) is 2.50. The number of unbranched alkanes of at least 4 members (excludes halogenated alkanes) is 3. The van der Waals surface area contributed by atoms with Crippen LogP contribution in [0.4, 0.5) is 0 Å². The number of carbonyl (C=O) groups excluding carboxylic acids is 3. The first kappa shape index (κ1) is 21.2. The van der Waals surface area contributed by atoms with Gasteiger partial charge in [0.05, 0.1) is 6.61 Å². The second kappa shape index (κ2) is 10.9. The molecule has 148 valence electrons. The molecule has 0 heterocycles. The summed E-state index contributed by atoms with van der Waals surface area (Å²) in [6, 6.07) is 13.2. The molecule has 2 aromatic rings. The number of nitrogens with one attached hydrogen (secondary N) is 2. The Morgan fingerprint density at radius 3 is 2.11 bits per heavy atom. The Hall–Kier alpha value is -3.15. The van der Waals surface area contributed by atoms with E-state index in [2.05, 4.69) is 17.8 Å². The number of benzene rings is 2. The standard InChI is InChI=1S/C22H26N2O4/c1-3-4-5-6-15-28-19-13-11-18(12-14-19)21(26)23-24-22(27)20(25)17-9-7-16(2)8-10-17/h7-14H,3-6,15H2,1-2H3,(H,23,26)(H,24,27). The second-order valence-electron chi connectivity index (χ2n) is 6.54. The first-order valence-corrected chi connectivity index (χ1v) is 9.46. The molecule has 0 aliphatic carbocycles. The predicted octanol–water partition coefficient (Wildman–Crippen LogP) is 3.60. The summed E-state index contributed by atoms with van der Waals surface area (Å²) in [5.74, 6) is -1.44. The molecule has 6 nitrogen and oxygen atoms in total. The van der Waals surface area contributed by atoms with Gasteiger partial charge in [0.15, 0.2) is 0 Å². The third-order valence-corrected chi connectivity index (χ3v) is 4.19. The van der Waals surface area contributed by atoms with Crippen LogP contribution in [-0.4, -0.2) is 24.2 Å². The molecule has 2 N–H and O–H groups in total. The first-order valence-electron chi connectivity index (χ1n) is 9.46. The van der Waals surface area contributed by atoms with Crippen molar-refractivity contribution in [3.8, 4) is 5.75 Å². The van der Waals surface area contributed by atoms with E-state index in [-0.39, 0.29) is 5.56 Å². The molecule has 2 rings (SSSR count). The molecule has 28 heavy (non-hydrogen) atoms. The largest absolute Gasteiger partial charge is 0.494 e. The van der Waals surface area contributed by atoms with E-state index in [1.54, 1.807) is 48.5 Å². The molecule has 2 aromatic carbocycles. The maximum absolute atomic E-state index is 12.1. The van der Waals surface area contributed by atoms with Crippen molar-refractivity contribution in [1.29, 1.82) is 0 Å². The number of carbonyl (C=O) groups is 3. The molecule has 0 aromatic heterocycles. The predicted molar refractivity (Wildman–Crippen MR) is 107 cm³/mol. The van der Waals surface area contributed by atoms with Gasteiger partial charge in [-0.2, -0.15) is 0 Å². The molecule has 2 amide bonds. The van der Waals surface area contributed by atoms with Gasteiger partial charge in [-0.15, -0.1) is 0 Å². The minimum absolute atomic E-state index is 0.262. The van der Waals surface area contributed by atoms with Crippen LogP contribution in [0.25, 0.3) is 0 Å². The van der Waals surface area contributed by atoms with E-state index in [1.807, 2.05) is 6.92 Å². The number of hydrazine groups is 1. The van der Waals surface area contributed by atoms with E-state index in [0.717, 1.165) is 18.4 Å². The van der Waals surface area contributed by atoms with E-state index in [1.165, 1.54) is 12.8 Å². The van der Waals surface area contributed by atoms with Gasteiger partial charge >= 0.3 is 5.91 Å². The Morgan fingerprint density at radius 2 is 1.46 bits per heavy atom.